The van der Waals surface area contributed by atoms with Crippen molar-refractivity contribution in [3.8, 4) is 0 Å². The standard InChI is InChI=1S/C29H29F6N7/c1-16-3-8-24-23(9-16)26(37-25(18-4-5-18)19-6-7-19)20(13-36-24)15-42(27-38-40-41(2)39-27)14-17-10-21(28(30,31)32)12-22(11-17)29(33,34)35/h3,8-13,18-19,25H,4-7,14-15H2,1-2H3,(H,36,37). The van der Waals surface area contributed by atoms with Gasteiger partial charge in [-0.05, 0) is 85.6 Å². The fraction of sp³-hybridized carbons (Fsp3) is 0.448. The van der Waals surface area contributed by atoms with Gasteiger partial charge in [-0.1, -0.05) is 16.7 Å². The molecule has 0 unspecified atom stereocenters. The van der Waals surface area contributed by atoms with E-state index in [2.05, 4.69) is 25.7 Å². The maximum Gasteiger partial charge on any atom is 0.416 e. The van der Waals surface area contributed by atoms with E-state index in [0.29, 0.717) is 11.8 Å². The summed E-state index contributed by atoms with van der Waals surface area (Å²) in [7, 11) is 1.53. The first-order valence-electron chi connectivity index (χ1n) is 13.8. The van der Waals surface area contributed by atoms with Crippen LogP contribution in [0.5, 0.6) is 0 Å². The van der Waals surface area contributed by atoms with Gasteiger partial charge in [-0.3, -0.25) is 4.98 Å². The number of nitrogens with zero attached hydrogens (tertiary/aromatic N) is 6. The molecule has 6 rings (SSSR count). The molecule has 0 bridgehead atoms. The van der Waals surface area contributed by atoms with Crippen LogP contribution in [0.25, 0.3) is 10.9 Å². The number of aromatic nitrogens is 5. The van der Waals surface area contributed by atoms with Crippen LogP contribution in [-0.4, -0.2) is 31.2 Å². The van der Waals surface area contributed by atoms with Crippen molar-refractivity contribution in [1.82, 2.24) is 25.2 Å². The zero-order valence-electron chi connectivity index (χ0n) is 23.0. The molecular formula is C29H29F6N7. The van der Waals surface area contributed by atoms with E-state index in [-0.39, 0.29) is 36.7 Å². The summed E-state index contributed by atoms with van der Waals surface area (Å²) < 4.78 is 81.6. The van der Waals surface area contributed by atoms with Crippen LogP contribution in [-0.2, 0) is 32.5 Å². The number of hydrogen-bond acceptors (Lipinski definition) is 6. The van der Waals surface area contributed by atoms with Gasteiger partial charge in [0.15, 0.2) is 0 Å². The first-order chi connectivity index (χ1) is 19.8. The summed E-state index contributed by atoms with van der Waals surface area (Å²) in [5.74, 6) is 1.21. The number of rotatable bonds is 9. The van der Waals surface area contributed by atoms with Crippen LogP contribution in [0, 0.1) is 18.8 Å². The second kappa shape index (κ2) is 10.4. The topological polar surface area (TPSA) is 71.8 Å². The van der Waals surface area contributed by atoms with Gasteiger partial charge in [-0.25, -0.2) is 0 Å². The van der Waals surface area contributed by atoms with Gasteiger partial charge < -0.3 is 10.2 Å². The summed E-state index contributed by atoms with van der Waals surface area (Å²) in [6, 6.07) is 7.83. The number of hydrogen-bond donors (Lipinski definition) is 1. The minimum atomic E-state index is -4.95. The Morgan fingerprint density at radius 3 is 2.12 bits per heavy atom. The van der Waals surface area contributed by atoms with Crippen LogP contribution in [0.1, 0.15) is 53.5 Å². The van der Waals surface area contributed by atoms with Gasteiger partial charge in [0.25, 0.3) is 5.95 Å². The molecule has 0 atom stereocenters. The molecule has 42 heavy (non-hydrogen) atoms. The number of pyridine rings is 1. The average Bonchev–Trinajstić information content (AvgIpc) is 3.85. The van der Waals surface area contributed by atoms with E-state index in [1.807, 2.05) is 25.1 Å². The van der Waals surface area contributed by atoms with Crippen molar-refractivity contribution in [1.29, 1.82) is 0 Å². The lowest BCUT2D eigenvalue weighted by Gasteiger charge is -2.26. The summed E-state index contributed by atoms with van der Waals surface area (Å²) in [6.07, 6.45) is -3.60. The van der Waals surface area contributed by atoms with Crippen molar-refractivity contribution < 1.29 is 26.3 Å². The molecule has 0 radical (unpaired) electrons. The fourth-order valence-electron chi connectivity index (χ4n) is 5.47. The van der Waals surface area contributed by atoms with E-state index < -0.39 is 23.5 Å². The Balaban J connectivity index is 1.42. The van der Waals surface area contributed by atoms with Gasteiger partial charge >= 0.3 is 12.4 Å². The van der Waals surface area contributed by atoms with E-state index in [1.165, 1.54) is 16.7 Å². The molecule has 0 amide bonds. The Bertz CT molecular complexity index is 1560. The van der Waals surface area contributed by atoms with Crippen molar-refractivity contribution in [2.24, 2.45) is 18.9 Å². The second-order valence-corrected chi connectivity index (χ2v) is 11.4. The highest BCUT2D eigenvalue weighted by Crippen LogP contribution is 2.47. The smallest absolute Gasteiger partial charge is 0.381 e. The number of anilines is 2. The molecule has 13 heteroatoms. The zero-order valence-corrected chi connectivity index (χ0v) is 23.0. The molecule has 0 saturated heterocycles. The van der Waals surface area contributed by atoms with E-state index >= 15 is 0 Å². The Morgan fingerprint density at radius 1 is 0.929 bits per heavy atom. The normalized spacial score (nSPS) is 15.9. The Morgan fingerprint density at radius 2 is 1.57 bits per heavy atom. The molecule has 1 N–H and O–H groups in total. The summed E-state index contributed by atoms with van der Waals surface area (Å²) >= 11 is 0. The molecular weight excluding hydrogens is 560 g/mol. The quantitative estimate of drug-likeness (QED) is 0.214. The number of alkyl halides is 6. The predicted molar refractivity (Wildman–Crippen MR) is 144 cm³/mol. The SMILES string of the molecule is Cc1ccc2ncc(CN(Cc3cc(C(F)(F)F)cc(C(F)(F)F)c3)c3nnn(C)n3)c(NC(C3CC3)C3CC3)c2c1. The zero-order chi connectivity index (χ0) is 29.8. The van der Waals surface area contributed by atoms with Crippen molar-refractivity contribution >= 4 is 22.5 Å². The molecule has 0 spiro atoms. The Labute approximate surface area is 237 Å². The summed E-state index contributed by atoms with van der Waals surface area (Å²) in [5.41, 5.74) is 0.487. The van der Waals surface area contributed by atoms with Crippen molar-refractivity contribution in [3.05, 3.63) is 70.4 Å². The monoisotopic (exact) mass is 589 g/mol. The number of benzene rings is 2. The average molecular weight is 590 g/mol. The van der Waals surface area contributed by atoms with Crippen molar-refractivity contribution in [3.63, 3.8) is 0 Å². The summed E-state index contributed by atoms with van der Waals surface area (Å²) in [4.78, 5) is 7.35. The lowest BCUT2D eigenvalue weighted by molar-refractivity contribution is -0.143. The van der Waals surface area contributed by atoms with Gasteiger partial charge in [0.2, 0.25) is 0 Å². The Hall–Kier alpha value is -3.90. The first-order valence-corrected chi connectivity index (χ1v) is 13.8. The molecule has 222 valence electrons. The molecule has 2 aliphatic rings. The maximum atomic E-state index is 13.6. The molecule has 0 aliphatic heterocycles. The molecule has 7 nitrogen and oxygen atoms in total. The van der Waals surface area contributed by atoms with Crippen LogP contribution >= 0.6 is 0 Å². The van der Waals surface area contributed by atoms with Gasteiger partial charge in [0.1, 0.15) is 0 Å². The number of halogens is 6. The third-order valence-corrected chi connectivity index (χ3v) is 7.84. The third kappa shape index (κ3) is 6.14. The molecule has 2 fully saturated rings. The lowest BCUT2D eigenvalue weighted by Crippen LogP contribution is -2.28. The minimum absolute atomic E-state index is 0.0692. The number of nitrogens with one attached hydrogen (secondary N) is 1. The van der Waals surface area contributed by atoms with Crippen LogP contribution in [0.2, 0.25) is 0 Å². The number of fused-ring (bicyclic) bond motifs is 1. The van der Waals surface area contributed by atoms with Crippen molar-refractivity contribution in [2.75, 3.05) is 10.2 Å². The highest BCUT2D eigenvalue weighted by Gasteiger charge is 2.42. The highest BCUT2D eigenvalue weighted by atomic mass is 19.4. The third-order valence-electron chi connectivity index (χ3n) is 7.84. The van der Waals surface area contributed by atoms with E-state index in [0.717, 1.165) is 65.5 Å². The molecule has 2 aromatic heterocycles. The molecule has 2 heterocycles. The predicted octanol–water partition coefficient (Wildman–Crippen LogP) is 6.91. The van der Waals surface area contributed by atoms with Crippen LogP contribution < -0.4 is 10.2 Å². The van der Waals surface area contributed by atoms with Crippen molar-refractivity contribution in [2.45, 2.75) is 64.1 Å². The maximum absolute atomic E-state index is 13.6. The van der Waals surface area contributed by atoms with E-state index in [9.17, 15) is 26.3 Å². The van der Waals surface area contributed by atoms with Crippen LogP contribution in [0.3, 0.4) is 0 Å². The molecule has 4 aromatic rings. The minimum Gasteiger partial charge on any atom is -0.381 e. The second-order valence-electron chi connectivity index (χ2n) is 11.4. The lowest BCUT2D eigenvalue weighted by atomic mass is 10.0. The van der Waals surface area contributed by atoms with Gasteiger partial charge in [-0.15, -0.1) is 5.10 Å². The number of tetrazole rings is 1. The van der Waals surface area contributed by atoms with E-state index in [1.54, 1.807) is 6.20 Å². The first kappa shape index (κ1) is 28.2. The largest absolute Gasteiger partial charge is 0.416 e. The van der Waals surface area contributed by atoms with E-state index in [4.69, 9.17) is 0 Å². The highest BCUT2D eigenvalue weighted by molar-refractivity contribution is 5.93. The van der Waals surface area contributed by atoms with Gasteiger partial charge in [0.05, 0.1) is 29.4 Å². The van der Waals surface area contributed by atoms with Crippen LogP contribution in [0.15, 0.2) is 42.6 Å². The molecule has 2 aromatic carbocycles. The van der Waals surface area contributed by atoms with Gasteiger partial charge in [0, 0.05) is 36.3 Å². The van der Waals surface area contributed by atoms with Gasteiger partial charge in [-0.2, -0.15) is 31.1 Å². The molecule has 2 saturated carbocycles. The molecule has 2 aliphatic carbocycles. The summed E-state index contributed by atoms with van der Waals surface area (Å²) in [6.45, 7) is 1.74. The number of aryl methyl sites for hydroxylation is 2. The van der Waals surface area contributed by atoms with Crippen LogP contribution in [0.4, 0.5) is 38.0 Å². The Kier molecular flexibility index (Phi) is 7.01. The fourth-order valence-corrected chi connectivity index (χ4v) is 5.47. The summed E-state index contributed by atoms with van der Waals surface area (Å²) in [5, 5.41) is 16.8.